The van der Waals surface area contributed by atoms with E-state index in [9.17, 15) is 24.4 Å². The summed E-state index contributed by atoms with van der Waals surface area (Å²) in [4.78, 5) is 3.42. The minimum absolute atomic E-state index is 0.158. The number of hydrogen-bond acceptors (Lipinski definition) is 8. The molecule has 39 heavy (non-hydrogen) atoms. The zero-order valence-electron chi connectivity index (χ0n) is 20.9. The summed E-state index contributed by atoms with van der Waals surface area (Å²) in [5.41, 5.74) is 5.90. The van der Waals surface area contributed by atoms with Gasteiger partial charge in [-0.25, -0.2) is 8.78 Å². The number of ether oxygens (including phenoxy) is 1. The second-order valence-corrected chi connectivity index (χ2v) is 8.97. The SMILES string of the molecule is CC1=C(C#N)C(c2ccc(C#N)cc2CCO)N2C(=NN[C@H]2Oc2ccccc2)N1c1cccc(C(F)F)c1. The topological polar surface area (TPSA) is 108 Å². The summed E-state index contributed by atoms with van der Waals surface area (Å²) in [6.45, 7) is 1.58. The van der Waals surface area contributed by atoms with Gasteiger partial charge in [0.15, 0.2) is 0 Å². The highest BCUT2D eigenvalue weighted by Gasteiger charge is 2.46. The van der Waals surface area contributed by atoms with E-state index in [-0.39, 0.29) is 18.6 Å². The number of nitrogens with zero attached hydrogens (tertiary/aromatic N) is 5. The first-order valence-electron chi connectivity index (χ1n) is 12.2. The molecule has 2 aliphatic heterocycles. The number of anilines is 1. The van der Waals surface area contributed by atoms with Crippen LogP contribution in [0.5, 0.6) is 5.75 Å². The Bertz CT molecular complexity index is 1530. The third-order valence-electron chi connectivity index (χ3n) is 6.67. The Kier molecular flexibility index (Phi) is 7.13. The van der Waals surface area contributed by atoms with Crippen LogP contribution in [0.15, 0.2) is 89.2 Å². The predicted octanol–water partition coefficient (Wildman–Crippen LogP) is 4.93. The molecule has 2 atom stereocenters. The Hall–Kier alpha value is -4.93. The van der Waals surface area contributed by atoms with E-state index < -0.39 is 18.8 Å². The fourth-order valence-corrected chi connectivity index (χ4v) is 4.91. The van der Waals surface area contributed by atoms with Crippen molar-refractivity contribution in [2.24, 2.45) is 5.10 Å². The number of para-hydroxylation sites is 1. The van der Waals surface area contributed by atoms with Gasteiger partial charge in [0, 0.05) is 23.6 Å². The van der Waals surface area contributed by atoms with Crippen molar-refractivity contribution < 1.29 is 18.6 Å². The molecule has 0 amide bonds. The van der Waals surface area contributed by atoms with Gasteiger partial charge in [-0.2, -0.15) is 10.5 Å². The summed E-state index contributed by atoms with van der Waals surface area (Å²) >= 11 is 0. The molecule has 8 nitrogen and oxygen atoms in total. The Balaban J connectivity index is 1.70. The highest BCUT2D eigenvalue weighted by atomic mass is 19.3. The van der Waals surface area contributed by atoms with E-state index in [0.29, 0.717) is 45.4 Å². The van der Waals surface area contributed by atoms with E-state index >= 15 is 0 Å². The molecule has 0 spiro atoms. The zero-order valence-corrected chi connectivity index (χ0v) is 20.9. The molecule has 2 aliphatic rings. The van der Waals surface area contributed by atoms with E-state index in [1.165, 1.54) is 18.2 Å². The first-order chi connectivity index (χ1) is 19.0. The molecular weight excluding hydrogens is 502 g/mol. The molecule has 0 saturated carbocycles. The van der Waals surface area contributed by atoms with Crippen molar-refractivity contribution in [3.8, 4) is 17.9 Å². The van der Waals surface area contributed by atoms with Gasteiger partial charge < -0.3 is 9.84 Å². The molecule has 0 aromatic heterocycles. The lowest BCUT2D eigenvalue weighted by atomic mass is 9.88. The van der Waals surface area contributed by atoms with Gasteiger partial charge in [0.2, 0.25) is 5.96 Å². The van der Waals surface area contributed by atoms with Crippen LogP contribution in [0.3, 0.4) is 0 Å². The van der Waals surface area contributed by atoms with E-state index in [2.05, 4.69) is 22.7 Å². The molecule has 1 unspecified atom stereocenters. The van der Waals surface area contributed by atoms with Gasteiger partial charge in [-0.3, -0.25) is 15.2 Å². The molecule has 2 heterocycles. The number of halogens is 2. The highest BCUT2D eigenvalue weighted by Crippen LogP contribution is 2.43. The van der Waals surface area contributed by atoms with Crippen LogP contribution in [0, 0.1) is 22.7 Å². The van der Waals surface area contributed by atoms with Crippen molar-refractivity contribution in [3.05, 3.63) is 106 Å². The number of allylic oxidation sites excluding steroid dienone is 1. The van der Waals surface area contributed by atoms with Crippen LogP contribution in [0.1, 0.15) is 41.6 Å². The average molecular weight is 527 g/mol. The van der Waals surface area contributed by atoms with Crippen molar-refractivity contribution >= 4 is 11.6 Å². The van der Waals surface area contributed by atoms with Crippen LogP contribution in [-0.2, 0) is 6.42 Å². The van der Waals surface area contributed by atoms with Gasteiger partial charge in [0.05, 0.1) is 29.3 Å². The third-order valence-corrected chi connectivity index (χ3v) is 6.67. The number of alkyl halides is 2. The quantitative estimate of drug-likeness (QED) is 0.450. The number of aliphatic hydroxyl groups is 1. The summed E-state index contributed by atoms with van der Waals surface area (Å²) in [5, 5.41) is 34.2. The number of hydrogen-bond donors (Lipinski definition) is 2. The Morgan fingerprint density at radius 3 is 2.54 bits per heavy atom. The summed E-state index contributed by atoms with van der Waals surface area (Å²) in [7, 11) is 0. The van der Waals surface area contributed by atoms with Gasteiger partial charge in [0.25, 0.3) is 12.8 Å². The zero-order chi connectivity index (χ0) is 27.5. The molecule has 3 aromatic carbocycles. The van der Waals surface area contributed by atoms with Crippen LogP contribution >= 0.6 is 0 Å². The number of rotatable bonds is 7. The van der Waals surface area contributed by atoms with Crippen molar-refractivity contribution in [2.75, 3.05) is 11.5 Å². The lowest BCUT2D eigenvalue weighted by Gasteiger charge is -2.43. The van der Waals surface area contributed by atoms with E-state index in [1.807, 2.05) is 18.2 Å². The molecule has 0 bridgehead atoms. The number of hydrazone groups is 1. The molecule has 5 rings (SSSR count). The average Bonchev–Trinajstić information content (AvgIpc) is 3.35. The Morgan fingerprint density at radius 2 is 1.85 bits per heavy atom. The van der Waals surface area contributed by atoms with Crippen LogP contribution in [-0.4, -0.2) is 28.9 Å². The molecule has 10 heteroatoms. The number of nitriles is 2. The summed E-state index contributed by atoms with van der Waals surface area (Å²) < 4.78 is 33.4. The van der Waals surface area contributed by atoms with Crippen molar-refractivity contribution in [2.45, 2.75) is 32.2 Å². The molecule has 0 fully saturated rings. The highest BCUT2D eigenvalue weighted by molar-refractivity contribution is 6.02. The summed E-state index contributed by atoms with van der Waals surface area (Å²) in [5.74, 6) is 0.903. The third kappa shape index (κ3) is 4.74. The van der Waals surface area contributed by atoms with Gasteiger partial charge in [0.1, 0.15) is 5.75 Å². The minimum atomic E-state index is -2.67. The fourth-order valence-electron chi connectivity index (χ4n) is 4.91. The Labute approximate surface area is 224 Å². The Morgan fingerprint density at radius 1 is 1.05 bits per heavy atom. The van der Waals surface area contributed by atoms with Crippen LogP contribution < -0.4 is 15.1 Å². The monoisotopic (exact) mass is 526 g/mol. The number of fused-ring (bicyclic) bond motifs is 1. The normalized spacial score (nSPS) is 18.3. The van der Waals surface area contributed by atoms with E-state index in [1.54, 1.807) is 53.1 Å². The molecule has 196 valence electrons. The molecule has 3 aromatic rings. The van der Waals surface area contributed by atoms with Gasteiger partial charge in [-0.1, -0.05) is 36.4 Å². The number of guanidine groups is 1. The smallest absolute Gasteiger partial charge is 0.268 e. The second-order valence-electron chi connectivity index (χ2n) is 8.97. The second kappa shape index (κ2) is 10.8. The molecule has 0 aliphatic carbocycles. The largest absolute Gasteiger partial charge is 0.451 e. The van der Waals surface area contributed by atoms with Crippen molar-refractivity contribution in [3.63, 3.8) is 0 Å². The lowest BCUT2D eigenvalue weighted by molar-refractivity contribution is 0.0459. The number of nitrogens with one attached hydrogen (secondary N) is 1. The maximum atomic E-state index is 13.6. The van der Waals surface area contributed by atoms with Crippen molar-refractivity contribution in [1.82, 2.24) is 10.3 Å². The summed E-state index contributed by atoms with van der Waals surface area (Å²) in [6, 6.07) is 23.9. The van der Waals surface area contributed by atoms with E-state index in [0.717, 1.165) is 0 Å². The number of aliphatic hydroxyl groups excluding tert-OH is 1. The lowest BCUT2D eigenvalue weighted by Crippen LogP contribution is -2.54. The van der Waals surface area contributed by atoms with Gasteiger partial charge >= 0.3 is 0 Å². The fraction of sp³-hybridized carbons (Fsp3) is 0.207. The van der Waals surface area contributed by atoms with Crippen LogP contribution in [0.25, 0.3) is 0 Å². The molecular formula is C29H24F2N6O2. The van der Waals surface area contributed by atoms with Gasteiger partial charge in [-0.05, 0) is 60.9 Å². The van der Waals surface area contributed by atoms with E-state index in [4.69, 9.17) is 4.74 Å². The summed E-state index contributed by atoms with van der Waals surface area (Å²) in [6.07, 6.45) is -3.27. The molecule has 0 radical (unpaired) electrons. The molecule has 2 N–H and O–H groups in total. The first kappa shape index (κ1) is 25.7. The van der Waals surface area contributed by atoms with Gasteiger partial charge in [-0.15, -0.1) is 5.10 Å². The first-order valence-corrected chi connectivity index (χ1v) is 12.2. The van der Waals surface area contributed by atoms with Crippen molar-refractivity contribution in [1.29, 1.82) is 10.5 Å². The standard InChI is InChI=1S/C29H24F2N6O2/c1-18-25(17-33)26(24-11-10-19(16-32)14-20(24)12-13-38)37-28(34-35-29(37)39-23-8-3-2-4-9-23)36(18)22-7-5-6-21(15-22)27(30)31/h2-11,14-15,26-27,29,35,38H,12-13H2,1H3/t26?,29-/m1/s1. The molecule has 0 saturated heterocycles. The van der Waals surface area contributed by atoms with Crippen LogP contribution in [0.2, 0.25) is 0 Å². The number of benzene rings is 3. The maximum Gasteiger partial charge on any atom is 0.268 e. The van der Waals surface area contributed by atoms with Crippen LogP contribution in [0.4, 0.5) is 14.5 Å². The predicted molar refractivity (Wildman–Crippen MR) is 140 cm³/mol. The minimum Gasteiger partial charge on any atom is -0.451 e. The maximum absolute atomic E-state index is 13.6.